The van der Waals surface area contributed by atoms with Gasteiger partial charge in [0.15, 0.2) is 8.32 Å². The second-order valence-electron chi connectivity index (χ2n) is 5.26. The van der Waals surface area contributed by atoms with Gasteiger partial charge in [-0.1, -0.05) is 20.8 Å². The van der Waals surface area contributed by atoms with Gasteiger partial charge in [0.2, 0.25) is 0 Å². The van der Waals surface area contributed by atoms with Crippen LogP contribution in [0.15, 0.2) is 10.7 Å². The van der Waals surface area contributed by atoms with Crippen LogP contribution in [0.5, 0.6) is 0 Å². The molecule has 0 amide bonds. The Morgan fingerprint density at radius 2 is 2.07 bits per heavy atom. The Morgan fingerprint density at radius 1 is 1.47 bits per heavy atom. The molecule has 3 nitrogen and oxygen atoms in total. The molecule has 1 aromatic heterocycles. The zero-order valence-corrected chi connectivity index (χ0v) is 12.6. The summed E-state index contributed by atoms with van der Waals surface area (Å²) in [6.07, 6.45) is 0. The van der Waals surface area contributed by atoms with Gasteiger partial charge < -0.3 is 4.43 Å². The average Bonchev–Trinajstić information content (AvgIpc) is 2.46. The van der Waals surface area contributed by atoms with Crippen LogP contribution in [0, 0.1) is 0 Å². The van der Waals surface area contributed by atoms with Crippen LogP contribution >= 0.6 is 15.9 Å². The van der Waals surface area contributed by atoms with Gasteiger partial charge in [-0.3, -0.25) is 5.10 Å². The van der Waals surface area contributed by atoms with Crippen molar-refractivity contribution in [3.63, 3.8) is 0 Å². The van der Waals surface area contributed by atoms with Crippen LogP contribution in [0.3, 0.4) is 0 Å². The molecule has 5 heteroatoms. The number of hydrogen-bond donors (Lipinski definition) is 1. The van der Waals surface area contributed by atoms with Gasteiger partial charge in [-0.2, -0.15) is 5.10 Å². The fraction of sp³-hybridized carbons (Fsp3) is 0.700. The number of nitrogens with one attached hydrogen (secondary N) is 1. The zero-order valence-electron chi connectivity index (χ0n) is 10.0. The minimum Gasteiger partial charge on any atom is -0.411 e. The summed E-state index contributed by atoms with van der Waals surface area (Å²) in [5.41, 5.74) is 1.02. The molecule has 0 bridgehead atoms. The molecule has 0 spiro atoms. The Kier molecular flexibility index (Phi) is 3.79. The number of aromatic amines is 1. The van der Waals surface area contributed by atoms with Crippen molar-refractivity contribution in [2.45, 2.75) is 45.5 Å². The summed E-state index contributed by atoms with van der Waals surface area (Å²) in [5.74, 6) is 0. The molecule has 0 aromatic carbocycles. The molecule has 1 aromatic rings. The van der Waals surface area contributed by atoms with Crippen LogP contribution in [0.25, 0.3) is 0 Å². The molecule has 0 unspecified atom stereocenters. The lowest BCUT2D eigenvalue weighted by molar-refractivity contribution is 0.272. The quantitative estimate of drug-likeness (QED) is 0.862. The predicted octanol–water partition coefficient (Wildman–Crippen LogP) is 3.69. The molecule has 0 saturated heterocycles. The molecule has 1 heterocycles. The van der Waals surface area contributed by atoms with Crippen LogP contribution in [0.2, 0.25) is 18.1 Å². The summed E-state index contributed by atoms with van der Waals surface area (Å²) >= 11 is 3.31. The van der Waals surface area contributed by atoms with Crippen molar-refractivity contribution in [2.75, 3.05) is 0 Å². The van der Waals surface area contributed by atoms with Crippen molar-refractivity contribution in [3.05, 3.63) is 16.4 Å². The number of rotatable bonds is 3. The molecule has 0 aliphatic heterocycles. The molecular weight excluding hydrogens is 272 g/mol. The SMILES string of the molecule is CC(C)(C)[Si](C)(C)OCc1cc(Br)n[nH]1. The van der Waals surface area contributed by atoms with Gasteiger partial charge in [-0.15, -0.1) is 0 Å². The Morgan fingerprint density at radius 3 is 2.47 bits per heavy atom. The first kappa shape index (κ1) is 12.9. The van der Waals surface area contributed by atoms with E-state index in [1.165, 1.54) is 0 Å². The average molecular weight is 291 g/mol. The second kappa shape index (κ2) is 4.39. The maximum atomic E-state index is 6.04. The summed E-state index contributed by atoms with van der Waals surface area (Å²) < 4.78 is 6.87. The van der Waals surface area contributed by atoms with Crippen molar-refractivity contribution in [3.8, 4) is 0 Å². The summed E-state index contributed by atoms with van der Waals surface area (Å²) in [5, 5.41) is 7.19. The van der Waals surface area contributed by atoms with E-state index in [0.717, 1.165) is 10.3 Å². The Labute approximate surface area is 101 Å². The molecule has 0 aliphatic carbocycles. The first-order valence-electron chi connectivity index (χ1n) is 5.06. The second-order valence-corrected chi connectivity index (χ2v) is 10.9. The lowest BCUT2D eigenvalue weighted by Crippen LogP contribution is -2.40. The van der Waals surface area contributed by atoms with E-state index in [2.05, 4.69) is 60.0 Å². The van der Waals surface area contributed by atoms with Gasteiger partial charge in [0.1, 0.15) is 4.60 Å². The van der Waals surface area contributed by atoms with Crippen LogP contribution in [-0.4, -0.2) is 18.5 Å². The molecule has 0 fully saturated rings. The highest BCUT2D eigenvalue weighted by Gasteiger charge is 2.37. The summed E-state index contributed by atoms with van der Waals surface area (Å²) in [4.78, 5) is 0. The summed E-state index contributed by atoms with van der Waals surface area (Å²) in [6.45, 7) is 11.8. The van der Waals surface area contributed by atoms with Gasteiger partial charge in [0, 0.05) is 0 Å². The van der Waals surface area contributed by atoms with Gasteiger partial charge in [0.25, 0.3) is 0 Å². The van der Waals surface area contributed by atoms with Crippen LogP contribution < -0.4 is 0 Å². The van der Waals surface area contributed by atoms with Gasteiger partial charge >= 0.3 is 0 Å². The molecule has 0 aliphatic rings. The van der Waals surface area contributed by atoms with Crippen molar-refractivity contribution < 1.29 is 4.43 Å². The standard InChI is InChI=1S/C10H19BrN2OSi/c1-10(2,3)15(4,5)14-7-8-6-9(11)13-12-8/h6H,7H2,1-5H3,(H,12,13). The lowest BCUT2D eigenvalue weighted by Gasteiger charge is -2.35. The van der Waals surface area contributed by atoms with Gasteiger partial charge in [-0.05, 0) is 40.1 Å². The van der Waals surface area contributed by atoms with E-state index < -0.39 is 8.32 Å². The van der Waals surface area contributed by atoms with Crippen molar-refractivity contribution in [1.29, 1.82) is 0 Å². The lowest BCUT2D eigenvalue weighted by atomic mass is 10.2. The Balaban J connectivity index is 2.57. The van der Waals surface area contributed by atoms with E-state index in [0.29, 0.717) is 6.61 Å². The third kappa shape index (κ3) is 3.43. The van der Waals surface area contributed by atoms with E-state index in [9.17, 15) is 0 Å². The normalized spacial score (nSPS) is 13.2. The third-order valence-corrected chi connectivity index (χ3v) is 7.88. The highest BCUT2D eigenvalue weighted by molar-refractivity contribution is 9.10. The first-order valence-corrected chi connectivity index (χ1v) is 8.76. The van der Waals surface area contributed by atoms with E-state index in [4.69, 9.17) is 4.43 Å². The Hall–Kier alpha value is -0.133. The summed E-state index contributed by atoms with van der Waals surface area (Å²) in [7, 11) is -1.64. The van der Waals surface area contributed by atoms with E-state index >= 15 is 0 Å². The monoisotopic (exact) mass is 290 g/mol. The largest absolute Gasteiger partial charge is 0.411 e. The van der Waals surface area contributed by atoms with E-state index in [1.807, 2.05) is 6.07 Å². The summed E-state index contributed by atoms with van der Waals surface area (Å²) in [6, 6.07) is 1.95. The predicted molar refractivity (Wildman–Crippen MR) is 68.3 cm³/mol. The molecule has 15 heavy (non-hydrogen) atoms. The number of H-pyrrole nitrogens is 1. The number of nitrogens with zero attached hydrogens (tertiary/aromatic N) is 1. The van der Waals surface area contributed by atoms with Gasteiger partial charge in [-0.25, -0.2) is 0 Å². The molecule has 0 radical (unpaired) electrons. The van der Waals surface area contributed by atoms with E-state index in [-0.39, 0.29) is 5.04 Å². The van der Waals surface area contributed by atoms with Crippen molar-refractivity contribution in [2.24, 2.45) is 0 Å². The maximum absolute atomic E-state index is 6.04. The highest BCUT2D eigenvalue weighted by atomic mass is 79.9. The first-order chi connectivity index (χ1) is 6.72. The topological polar surface area (TPSA) is 37.9 Å². The third-order valence-electron chi connectivity index (χ3n) is 2.99. The van der Waals surface area contributed by atoms with Crippen LogP contribution in [-0.2, 0) is 11.0 Å². The smallest absolute Gasteiger partial charge is 0.192 e. The van der Waals surface area contributed by atoms with Crippen molar-refractivity contribution >= 4 is 24.2 Å². The van der Waals surface area contributed by atoms with Gasteiger partial charge in [0.05, 0.1) is 12.3 Å². The Bertz CT molecular complexity index is 330. The number of hydrogen-bond acceptors (Lipinski definition) is 2. The molecule has 86 valence electrons. The highest BCUT2D eigenvalue weighted by Crippen LogP contribution is 2.36. The molecule has 1 N–H and O–H groups in total. The fourth-order valence-electron chi connectivity index (χ4n) is 0.882. The fourth-order valence-corrected chi connectivity index (χ4v) is 2.20. The zero-order chi connectivity index (χ0) is 11.7. The number of halogens is 1. The number of aromatic nitrogens is 2. The molecular formula is C10H19BrN2OSi. The molecule has 1 rings (SSSR count). The minimum absolute atomic E-state index is 0.254. The van der Waals surface area contributed by atoms with Crippen LogP contribution in [0.1, 0.15) is 26.5 Å². The van der Waals surface area contributed by atoms with Crippen LogP contribution in [0.4, 0.5) is 0 Å². The van der Waals surface area contributed by atoms with Crippen molar-refractivity contribution in [1.82, 2.24) is 10.2 Å². The molecule has 0 saturated carbocycles. The minimum atomic E-state index is -1.64. The van der Waals surface area contributed by atoms with E-state index in [1.54, 1.807) is 0 Å². The maximum Gasteiger partial charge on any atom is 0.192 e. The molecule has 0 atom stereocenters.